The molecule has 0 spiro atoms. The first-order valence-corrected chi connectivity index (χ1v) is 6.15. The largest absolute Gasteiger partial charge is 0.349 e. The monoisotopic (exact) mass is 252 g/mol. The Balaban J connectivity index is 2.73. The number of rotatable bonds is 4. The zero-order valence-electron chi connectivity index (χ0n) is 11.3. The van der Waals surface area contributed by atoms with E-state index in [0.29, 0.717) is 5.56 Å². The minimum absolute atomic E-state index is 0.113. The molecule has 0 aliphatic heterocycles. The molecule has 1 aromatic carbocycles. The number of nitrogens with one attached hydrogen (secondary N) is 1. The first-order chi connectivity index (χ1) is 8.32. The SMILES string of the molecule is Cc1ccc(C(C)NC(=O)C(C)C(C)N)cc1F. The summed E-state index contributed by atoms with van der Waals surface area (Å²) in [6.07, 6.45) is 0. The maximum Gasteiger partial charge on any atom is 0.224 e. The van der Waals surface area contributed by atoms with Crippen molar-refractivity contribution in [3.8, 4) is 0 Å². The summed E-state index contributed by atoms with van der Waals surface area (Å²) in [5.74, 6) is -0.630. The summed E-state index contributed by atoms with van der Waals surface area (Å²) in [5, 5.41) is 2.84. The van der Waals surface area contributed by atoms with Gasteiger partial charge in [-0.2, -0.15) is 0 Å². The van der Waals surface area contributed by atoms with Crippen molar-refractivity contribution < 1.29 is 9.18 Å². The zero-order chi connectivity index (χ0) is 13.9. The molecule has 0 saturated heterocycles. The number of aryl methyl sites for hydroxylation is 1. The minimum atomic E-state index is -0.261. The molecule has 3 atom stereocenters. The minimum Gasteiger partial charge on any atom is -0.349 e. The molecule has 0 fully saturated rings. The van der Waals surface area contributed by atoms with Gasteiger partial charge in [0.2, 0.25) is 5.91 Å². The average Bonchev–Trinajstić information content (AvgIpc) is 2.31. The highest BCUT2D eigenvalue weighted by Crippen LogP contribution is 2.17. The quantitative estimate of drug-likeness (QED) is 0.864. The Kier molecular flexibility index (Phi) is 4.84. The second-order valence-electron chi connectivity index (χ2n) is 4.89. The molecular formula is C14H21FN2O. The number of carbonyl (C=O) groups excluding carboxylic acids is 1. The Labute approximate surface area is 108 Å². The zero-order valence-corrected chi connectivity index (χ0v) is 11.3. The number of benzene rings is 1. The van der Waals surface area contributed by atoms with E-state index >= 15 is 0 Å². The van der Waals surface area contributed by atoms with Crippen LogP contribution in [-0.4, -0.2) is 11.9 Å². The molecule has 4 heteroatoms. The normalized spacial score (nSPS) is 15.9. The summed E-state index contributed by atoms with van der Waals surface area (Å²) in [7, 11) is 0. The lowest BCUT2D eigenvalue weighted by atomic mass is 10.0. The highest BCUT2D eigenvalue weighted by Gasteiger charge is 2.19. The van der Waals surface area contributed by atoms with E-state index in [1.165, 1.54) is 6.07 Å². The van der Waals surface area contributed by atoms with Crippen molar-refractivity contribution in [2.75, 3.05) is 0 Å². The van der Waals surface area contributed by atoms with Crippen molar-refractivity contribution in [1.29, 1.82) is 0 Å². The van der Waals surface area contributed by atoms with Gasteiger partial charge in [-0.15, -0.1) is 0 Å². The molecule has 0 bridgehead atoms. The number of halogens is 1. The van der Waals surface area contributed by atoms with Crippen LogP contribution in [0.25, 0.3) is 0 Å². The molecule has 1 amide bonds. The number of nitrogens with two attached hydrogens (primary N) is 1. The molecule has 1 rings (SSSR count). The van der Waals surface area contributed by atoms with Crippen LogP contribution < -0.4 is 11.1 Å². The van der Waals surface area contributed by atoms with E-state index < -0.39 is 0 Å². The van der Waals surface area contributed by atoms with Crippen molar-refractivity contribution in [3.05, 3.63) is 35.1 Å². The third kappa shape index (κ3) is 3.53. The van der Waals surface area contributed by atoms with Crippen LogP contribution in [0.1, 0.15) is 37.9 Å². The Morgan fingerprint density at radius 1 is 1.33 bits per heavy atom. The number of amides is 1. The van der Waals surface area contributed by atoms with Crippen LogP contribution in [0.5, 0.6) is 0 Å². The van der Waals surface area contributed by atoms with Crippen molar-refractivity contribution in [2.45, 2.75) is 39.8 Å². The van der Waals surface area contributed by atoms with Gasteiger partial charge in [-0.25, -0.2) is 4.39 Å². The molecular weight excluding hydrogens is 231 g/mol. The van der Waals surface area contributed by atoms with Gasteiger partial charge in [0.15, 0.2) is 0 Å². The van der Waals surface area contributed by atoms with Gasteiger partial charge in [-0.05, 0) is 38.0 Å². The summed E-state index contributed by atoms with van der Waals surface area (Å²) in [6.45, 7) is 7.11. The molecule has 3 N–H and O–H groups in total. The van der Waals surface area contributed by atoms with E-state index in [0.717, 1.165) is 5.56 Å². The summed E-state index contributed by atoms with van der Waals surface area (Å²) in [6, 6.07) is 4.56. The predicted molar refractivity (Wildman–Crippen MR) is 70.5 cm³/mol. The average molecular weight is 252 g/mol. The summed E-state index contributed by atoms with van der Waals surface area (Å²) >= 11 is 0. The van der Waals surface area contributed by atoms with E-state index in [9.17, 15) is 9.18 Å². The van der Waals surface area contributed by atoms with Gasteiger partial charge in [0.1, 0.15) is 5.82 Å². The summed E-state index contributed by atoms with van der Waals surface area (Å²) in [5.41, 5.74) is 7.03. The second kappa shape index (κ2) is 5.96. The molecule has 0 aliphatic carbocycles. The van der Waals surface area contributed by atoms with Crippen molar-refractivity contribution in [3.63, 3.8) is 0 Å². The molecule has 3 nitrogen and oxygen atoms in total. The molecule has 0 aromatic heterocycles. The molecule has 0 radical (unpaired) electrons. The van der Waals surface area contributed by atoms with E-state index in [4.69, 9.17) is 5.73 Å². The van der Waals surface area contributed by atoms with Gasteiger partial charge in [0.25, 0.3) is 0 Å². The van der Waals surface area contributed by atoms with Crippen LogP contribution in [0.15, 0.2) is 18.2 Å². The van der Waals surface area contributed by atoms with E-state index in [1.54, 1.807) is 26.8 Å². The van der Waals surface area contributed by atoms with Crippen LogP contribution in [-0.2, 0) is 4.79 Å². The fourth-order valence-corrected chi connectivity index (χ4v) is 1.55. The Bertz CT molecular complexity index is 432. The summed E-state index contributed by atoms with van der Waals surface area (Å²) in [4.78, 5) is 11.8. The van der Waals surface area contributed by atoms with Crippen molar-refractivity contribution >= 4 is 5.91 Å². The Morgan fingerprint density at radius 3 is 2.44 bits per heavy atom. The lowest BCUT2D eigenvalue weighted by molar-refractivity contribution is -0.125. The first kappa shape index (κ1) is 14.6. The highest BCUT2D eigenvalue weighted by atomic mass is 19.1. The topological polar surface area (TPSA) is 55.1 Å². The van der Waals surface area contributed by atoms with Gasteiger partial charge < -0.3 is 11.1 Å². The molecule has 0 heterocycles. The molecule has 100 valence electrons. The molecule has 0 aliphatic rings. The first-order valence-electron chi connectivity index (χ1n) is 6.15. The fraction of sp³-hybridized carbons (Fsp3) is 0.500. The predicted octanol–water partition coefficient (Wildman–Crippen LogP) is 2.29. The Morgan fingerprint density at radius 2 is 1.94 bits per heavy atom. The van der Waals surface area contributed by atoms with Gasteiger partial charge in [0, 0.05) is 12.0 Å². The third-order valence-electron chi connectivity index (χ3n) is 3.26. The van der Waals surface area contributed by atoms with Crippen LogP contribution in [0.3, 0.4) is 0 Å². The standard InChI is InChI=1S/C14H21FN2O/c1-8-5-6-12(7-13(8)15)11(4)17-14(18)9(2)10(3)16/h5-7,9-11H,16H2,1-4H3,(H,17,18). The van der Waals surface area contributed by atoms with E-state index in [1.807, 2.05) is 13.0 Å². The van der Waals surface area contributed by atoms with Crippen LogP contribution in [0, 0.1) is 18.7 Å². The van der Waals surface area contributed by atoms with E-state index in [2.05, 4.69) is 5.32 Å². The van der Waals surface area contributed by atoms with Crippen molar-refractivity contribution in [2.24, 2.45) is 11.7 Å². The van der Waals surface area contributed by atoms with Crippen LogP contribution >= 0.6 is 0 Å². The maximum atomic E-state index is 13.4. The highest BCUT2D eigenvalue weighted by molar-refractivity contribution is 5.79. The van der Waals surface area contributed by atoms with Crippen molar-refractivity contribution in [1.82, 2.24) is 5.32 Å². The fourth-order valence-electron chi connectivity index (χ4n) is 1.55. The lowest BCUT2D eigenvalue weighted by Gasteiger charge is -2.20. The van der Waals surface area contributed by atoms with Gasteiger partial charge in [-0.1, -0.05) is 19.1 Å². The molecule has 3 unspecified atom stereocenters. The van der Waals surface area contributed by atoms with E-state index in [-0.39, 0.29) is 29.7 Å². The smallest absolute Gasteiger partial charge is 0.224 e. The van der Waals surface area contributed by atoms with Crippen LogP contribution in [0.4, 0.5) is 4.39 Å². The van der Waals surface area contributed by atoms with Gasteiger partial charge in [-0.3, -0.25) is 4.79 Å². The van der Waals surface area contributed by atoms with Gasteiger partial charge >= 0.3 is 0 Å². The summed E-state index contributed by atoms with van der Waals surface area (Å²) < 4.78 is 13.4. The molecule has 18 heavy (non-hydrogen) atoms. The lowest BCUT2D eigenvalue weighted by Crippen LogP contribution is -2.39. The number of hydrogen-bond acceptors (Lipinski definition) is 2. The Hall–Kier alpha value is -1.42. The third-order valence-corrected chi connectivity index (χ3v) is 3.26. The van der Waals surface area contributed by atoms with Crippen LogP contribution in [0.2, 0.25) is 0 Å². The maximum absolute atomic E-state index is 13.4. The second-order valence-corrected chi connectivity index (χ2v) is 4.89. The molecule has 0 saturated carbocycles. The van der Waals surface area contributed by atoms with Gasteiger partial charge in [0.05, 0.1) is 6.04 Å². The molecule has 1 aromatic rings. The number of carbonyl (C=O) groups is 1. The number of hydrogen-bond donors (Lipinski definition) is 2.